The van der Waals surface area contributed by atoms with Crippen LogP contribution in [0.1, 0.15) is 20.8 Å². The highest BCUT2D eigenvalue weighted by molar-refractivity contribution is 5.90. The van der Waals surface area contributed by atoms with E-state index in [9.17, 15) is 9.59 Å². The third-order valence-electron chi connectivity index (χ3n) is 3.02. The third kappa shape index (κ3) is 2.65. The van der Waals surface area contributed by atoms with Crippen molar-refractivity contribution in [3.63, 3.8) is 0 Å². The lowest BCUT2D eigenvalue weighted by Crippen LogP contribution is -2.57. The monoisotopic (exact) mass is 244 g/mol. The zero-order valence-corrected chi connectivity index (χ0v) is 10.7. The Morgan fingerprint density at radius 2 is 2.18 bits per heavy atom. The summed E-state index contributed by atoms with van der Waals surface area (Å²) in [4.78, 5) is 25.1. The quantitative estimate of drug-likeness (QED) is 0.671. The van der Waals surface area contributed by atoms with Crippen LogP contribution >= 0.6 is 0 Å². The molecule has 1 saturated heterocycles. The zero-order chi connectivity index (χ0) is 13.2. The predicted octanol–water partition coefficient (Wildman–Crippen LogP) is -0.881. The van der Waals surface area contributed by atoms with E-state index in [2.05, 4.69) is 5.32 Å². The van der Waals surface area contributed by atoms with Crippen LogP contribution in [0.5, 0.6) is 0 Å². The van der Waals surface area contributed by atoms with Crippen molar-refractivity contribution in [2.24, 2.45) is 0 Å². The molecule has 2 N–H and O–H groups in total. The molecule has 1 heterocycles. The van der Waals surface area contributed by atoms with Crippen molar-refractivity contribution >= 4 is 11.7 Å². The summed E-state index contributed by atoms with van der Waals surface area (Å²) in [6, 6.07) is -1.28. The number of nitrogens with zero attached hydrogens (tertiary/aromatic N) is 1. The Balaban J connectivity index is 2.97. The average molecular weight is 244 g/mol. The first kappa shape index (κ1) is 14.1. The Morgan fingerprint density at radius 1 is 1.59 bits per heavy atom. The molecule has 6 heteroatoms. The van der Waals surface area contributed by atoms with Gasteiger partial charge >= 0.3 is 0 Å². The molecule has 0 aliphatic carbocycles. The van der Waals surface area contributed by atoms with E-state index in [0.29, 0.717) is 0 Å². The van der Waals surface area contributed by atoms with Gasteiger partial charge in [0.1, 0.15) is 17.8 Å². The molecule has 0 bridgehead atoms. The normalized spacial score (nSPS) is 24.8. The summed E-state index contributed by atoms with van der Waals surface area (Å²) in [7, 11) is 1.59. The highest BCUT2D eigenvalue weighted by atomic mass is 16.5. The Hall–Kier alpha value is -0.980. The van der Waals surface area contributed by atoms with Crippen LogP contribution in [0.25, 0.3) is 0 Å². The lowest BCUT2D eigenvalue weighted by molar-refractivity contribution is -0.151. The molecule has 0 aromatic carbocycles. The maximum Gasteiger partial charge on any atom is 0.245 e. The second-order valence-electron chi connectivity index (χ2n) is 4.62. The first-order valence-electron chi connectivity index (χ1n) is 5.61. The second kappa shape index (κ2) is 5.12. The number of rotatable bonds is 4. The molecule has 6 nitrogen and oxygen atoms in total. The summed E-state index contributed by atoms with van der Waals surface area (Å²) >= 11 is 0. The van der Waals surface area contributed by atoms with Gasteiger partial charge in [-0.15, -0.1) is 0 Å². The summed E-state index contributed by atoms with van der Waals surface area (Å²) in [6.45, 7) is 4.79. The maximum atomic E-state index is 12.2. The topological polar surface area (TPSA) is 78.9 Å². The van der Waals surface area contributed by atoms with E-state index >= 15 is 0 Å². The molecule has 2 atom stereocenters. The Kier molecular flexibility index (Phi) is 4.24. The molecular formula is C11H20N2O4. The van der Waals surface area contributed by atoms with Crippen LogP contribution in [0.4, 0.5) is 0 Å². The van der Waals surface area contributed by atoms with Gasteiger partial charge in [-0.3, -0.25) is 9.59 Å². The number of carbonyl (C=O) groups is 2. The minimum absolute atomic E-state index is 0.114. The van der Waals surface area contributed by atoms with Crippen molar-refractivity contribution in [3.05, 3.63) is 0 Å². The van der Waals surface area contributed by atoms with Crippen LogP contribution in [-0.2, 0) is 14.3 Å². The van der Waals surface area contributed by atoms with E-state index in [1.165, 1.54) is 11.8 Å². The summed E-state index contributed by atoms with van der Waals surface area (Å²) in [6.07, 6.45) is 0. The molecule has 1 rings (SSSR count). The van der Waals surface area contributed by atoms with Crippen LogP contribution in [0.3, 0.4) is 0 Å². The molecule has 1 unspecified atom stereocenters. The number of hydrogen-bond acceptors (Lipinski definition) is 5. The third-order valence-corrected chi connectivity index (χ3v) is 3.02. The molecule has 1 amide bonds. The van der Waals surface area contributed by atoms with Crippen LogP contribution in [0, 0.1) is 0 Å². The highest BCUT2D eigenvalue weighted by Gasteiger charge is 2.47. The van der Waals surface area contributed by atoms with Gasteiger partial charge in [0.15, 0.2) is 5.78 Å². The highest BCUT2D eigenvalue weighted by Crippen LogP contribution is 2.28. The molecule has 1 fully saturated rings. The molecule has 0 saturated carbocycles. The Labute approximate surface area is 101 Å². The summed E-state index contributed by atoms with van der Waals surface area (Å²) in [5.41, 5.74) is -0.822. The standard InChI is InChI=1S/C11H20N2O4/c1-7(15)9-6-17-11(2,3)13(9)10(16)8(5-14)12-4/h8-9,12,14H,5-6H2,1-4H3/t8-,9?/m0/s1. The van der Waals surface area contributed by atoms with Crippen molar-refractivity contribution in [2.75, 3.05) is 20.3 Å². The number of aliphatic hydroxyl groups excluding tert-OH is 1. The van der Waals surface area contributed by atoms with Crippen LogP contribution in [-0.4, -0.2) is 59.8 Å². The molecular weight excluding hydrogens is 224 g/mol. The average Bonchev–Trinajstić information content (AvgIpc) is 2.55. The number of carbonyl (C=O) groups excluding carboxylic acids is 2. The fourth-order valence-electron chi connectivity index (χ4n) is 1.98. The van der Waals surface area contributed by atoms with Crippen LogP contribution < -0.4 is 5.32 Å². The van der Waals surface area contributed by atoms with Crippen molar-refractivity contribution in [2.45, 2.75) is 38.6 Å². The number of hydrogen-bond donors (Lipinski definition) is 2. The first-order valence-corrected chi connectivity index (χ1v) is 5.61. The molecule has 1 aliphatic heterocycles. The minimum atomic E-state index is -0.822. The number of nitrogens with one attached hydrogen (secondary N) is 1. The van der Waals surface area contributed by atoms with Crippen molar-refractivity contribution < 1.29 is 19.4 Å². The Bertz CT molecular complexity index is 313. The summed E-state index contributed by atoms with van der Waals surface area (Å²) < 4.78 is 5.46. The molecule has 17 heavy (non-hydrogen) atoms. The van der Waals surface area contributed by atoms with Gasteiger partial charge < -0.3 is 20.1 Å². The lowest BCUT2D eigenvalue weighted by Gasteiger charge is -2.35. The number of ketones is 1. The number of Topliss-reactive ketones (excluding diaryl/α,β-unsaturated/α-hetero) is 1. The number of ether oxygens (including phenoxy) is 1. The van der Waals surface area contributed by atoms with Gasteiger partial charge in [-0.05, 0) is 27.8 Å². The molecule has 98 valence electrons. The number of likely N-dealkylation sites (N-methyl/N-ethyl adjacent to an activating group) is 1. The fourth-order valence-corrected chi connectivity index (χ4v) is 1.98. The van der Waals surface area contributed by atoms with E-state index in [4.69, 9.17) is 9.84 Å². The van der Waals surface area contributed by atoms with Gasteiger partial charge in [0.25, 0.3) is 0 Å². The molecule has 0 radical (unpaired) electrons. The first-order chi connectivity index (χ1) is 7.85. The molecule has 0 aromatic heterocycles. The molecule has 0 aromatic rings. The number of aliphatic hydroxyl groups is 1. The van der Waals surface area contributed by atoms with Gasteiger partial charge in [0.05, 0.1) is 13.2 Å². The van der Waals surface area contributed by atoms with Gasteiger partial charge in [-0.25, -0.2) is 0 Å². The van der Waals surface area contributed by atoms with Crippen molar-refractivity contribution in [1.29, 1.82) is 0 Å². The molecule has 0 spiro atoms. The van der Waals surface area contributed by atoms with Crippen LogP contribution in [0.2, 0.25) is 0 Å². The van der Waals surface area contributed by atoms with E-state index in [0.717, 1.165) is 0 Å². The maximum absolute atomic E-state index is 12.2. The van der Waals surface area contributed by atoms with E-state index < -0.39 is 17.8 Å². The van der Waals surface area contributed by atoms with Gasteiger partial charge in [0, 0.05) is 0 Å². The number of amides is 1. The lowest BCUT2D eigenvalue weighted by atomic mass is 10.1. The van der Waals surface area contributed by atoms with E-state index in [-0.39, 0.29) is 24.9 Å². The van der Waals surface area contributed by atoms with Crippen molar-refractivity contribution in [1.82, 2.24) is 10.2 Å². The largest absolute Gasteiger partial charge is 0.394 e. The van der Waals surface area contributed by atoms with Crippen LogP contribution in [0.15, 0.2) is 0 Å². The smallest absolute Gasteiger partial charge is 0.245 e. The second-order valence-corrected chi connectivity index (χ2v) is 4.62. The minimum Gasteiger partial charge on any atom is -0.394 e. The van der Waals surface area contributed by atoms with Gasteiger partial charge in [-0.1, -0.05) is 0 Å². The van der Waals surface area contributed by atoms with Gasteiger partial charge in [0.2, 0.25) is 5.91 Å². The van der Waals surface area contributed by atoms with Crippen molar-refractivity contribution in [3.8, 4) is 0 Å². The SMILES string of the molecule is CN[C@@H](CO)C(=O)N1C(C(C)=O)COC1(C)C. The Morgan fingerprint density at radius 3 is 2.59 bits per heavy atom. The summed E-state index contributed by atoms with van der Waals surface area (Å²) in [5, 5.41) is 11.8. The zero-order valence-electron chi connectivity index (χ0n) is 10.7. The summed E-state index contributed by atoms with van der Waals surface area (Å²) in [5.74, 6) is -0.436. The van der Waals surface area contributed by atoms with E-state index in [1.54, 1.807) is 20.9 Å². The van der Waals surface area contributed by atoms with E-state index in [1.807, 2.05) is 0 Å². The molecule has 1 aliphatic rings. The fraction of sp³-hybridized carbons (Fsp3) is 0.818. The predicted molar refractivity (Wildman–Crippen MR) is 61.3 cm³/mol. The van der Waals surface area contributed by atoms with Gasteiger partial charge in [-0.2, -0.15) is 0 Å².